The number of hydroxylamine groups is 2. The fraction of sp³-hybridized carbons (Fsp3) is 0.312. The van der Waals surface area contributed by atoms with Crippen molar-refractivity contribution >= 4 is 39.4 Å². The van der Waals surface area contributed by atoms with Gasteiger partial charge in [-0.1, -0.05) is 23.2 Å². The third-order valence-electron chi connectivity index (χ3n) is 3.41. The predicted molar refractivity (Wildman–Crippen MR) is 90.3 cm³/mol. The number of nitrogens with two attached hydrogens (primary N) is 1. The highest BCUT2D eigenvalue weighted by Gasteiger charge is 2.25. The molecule has 0 radical (unpaired) electrons. The summed E-state index contributed by atoms with van der Waals surface area (Å²) in [4.78, 5) is 43.7. The highest BCUT2D eigenvalue weighted by molar-refractivity contribution is 7.19. The van der Waals surface area contributed by atoms with Gasteiger partial charge in [0.15, 0.2) is 0 Å². The van der Waals surface area contributed by atoms with E-state index in [0.29, 0.717) is 0 Å². The molecule has 1 heterocycles. The molecule has 0 aliphatic heterocycles. The molecule has 1 aromatic carbocycles. The van der Waals surface area contributed by atoms with Crippen molar-refractivity contribution in [2.45, 2.75) is 32.2 Å². The summed E-state index contributed by atoms with van der Waals surface area (Å²) in [6.45, 7) is 1.69. The van der Waals surface area contributed by atoms with Crippen molar-refractivity contribution in [3.63, 3.8) is 0 Å². The Morgan fingerprint density at radius 1 is 1.28 bits per heavy atom. The average Bonchev–Trinajstić information content (AvgIpc) is 2.98. The van der Waals surface area contributed by atoms with Crippen LogP contribution >= 0.6 is 11.3 Å². The summed E-state index contributed by atoms with van der Waals surface area (Å²) < 4.78 is 1.04. The standard InChI is InChI=1S/C16H18N2O6S/c1-10(13-9-11-5-2-3-6-12(11)25-13)18(16(17)22)24-23-15(21)8-4-7-14(19)20/h2-3,5-6,9-10H,4,7-8H2,1H3,(H2,17,22)(H,19,20). The minimum atomic E-state index is -1.01. The van der Waals surface area contributed by atoms with Gasteiger partial charge in [0.25, 0.3) is 0 Å². The number of carbonyl (C=O) groups is 3. The number of rotatable bonds is 8. The fourth-order valence-corrected chi connectivity index (χ4v) is 3.22. The molecule has 0 saturated carbocycles. The van der Waals surface area contributed by atoms with Crippen molar-refractivity contribution in [3.05, 3.63) is 35.2 Å². The Morgan fingerprint density at radius 2 is 2.00 bits per heavy atom. The summed E-state index contributed by atoms with van der Waals surface area (Å²) in [7, 11) is 0. The number of urea groups is 1. The van der Waals surface area contributed by atoms with Crippen LogP contribution in [0.15, 0.2) is 30.3 Å². The molecule has 1 aromatic heterocycles. The van der Waals surface area contributed by atoms with Gasteiger partial charge in [-0.2, -0.15) is 5.06 Å². The molecule has 25 heavy (non-hydrogen) atoms. The second-order valence-electron chi connectivity index (χ2n) is 5.30. The maximum absolute atomic E-state index is 11.6. The van der Waals surface area contributed by atoms with E-state index in [1.807, 2.05) is 30.3 Å². The van der Waals surface area contributed by atoms with Gasteiger partial charge in [-0.15, -0.1) is 11.3 Å². The Morgan fingerprint density at radius 3 is 2.64 bits per heavy atom. The van der Waals surface area contributed by atoms with E-state index in [4.69, 9.17) is 15.8 Å². The summed E-state index contributed by atoms with van der Waals surface area (Å²) in [5.41, 5.74) is 5.29. The van der Waals surface area contributed by atoms with Gasteiger partial charge >= 0.3 is 18.0 Å². The molecule has 0 fully saturated rings. The number of carboxylic acid groups (broad SMARTS) is 1. The molecular formula is C16H18N2O6S. The zero-order chi connectivity index (χ0) is 18.4. The van der Waals surface area contributed by atoms with E-state index in [1.54, 1.807) is 6.92 Å². The Hall–Kier alpha value is -2.65. The molecule has 9 heteroatoms. The van der Waals surface area contributed by atoms with Crippen LogP contribution in [0.2, 0.25) is 0 Å². The Labute approximate surface area is 147 Å². The van der Waals surface area contributed by atoms with Crippen LogP contribution in [0.3, 0.4) is 0 Å². The number of carboxylic acids is 1. The normalized spacial score (nSPS) is 11.9. The van der Waals surface area contributed by atoms with Crippen LogP contribution in [0, 0.1) is 0 Å². The van der Waals surface area contributed by atoms with E-state index in [9.17, 15) is 14.4 Å². The number of amides is 2. The molecule has 0 aliphatic carbocycles. The molecule has 0 spiro atoms. The number of thiophene rings is 1. The van der Waals surface area contributed by atoms with Crippen LogP contribution in [-0.2, 0) is 19.5 Å². The Kier molecular flexibility index (Phi) is 6.31. The van der Waals surface area contributed by atoms with Crippen LogP contribution < -0.4 is 5.73 Å². The molecule has 1 atom stereocenters. The van der Waals surface area contributed by atoms with Crippen molar-refractivity contribution in [3.8, 4) is 0 Å². The molecule has 3 N–H and O–H groups in total. The van der Waals surface area contributed by atoms with Crippen LogP contribution in [0.5, 0.6) is 0 Å². The lowest BCUT2D eigenvalue weighted by atomic mass is 10.2. The summed E-state index contributed by atoms with van der Waals surface area (Å²) >= 11 is 1.47. The van der Waals surface area contributed by atoms with Gasteiger partial charge in [-0.25, -0.2) is 9.59 Å². The largest absolute Gasteiger partial charge is 0.481 e. The molecule has 2 aromatic rings. The summed E-state index contributed by atoms with van der Waals surface area (Å²) in [5.74, 6) is -1.79. The van der Waals surface area contributed by atoms with E-state index >= 15 is 0 Å². The van der Waals surface area contributed by atoms with E-state index < -0.39 is 24.0 Å². The Balaban J connectivity index is 1.98. The highest BCUT2D eigenvalue weighted by Crippen LogP contribution is 2.32. The van der Waals surface area contributed by atoms with Gasteiger partial charge in [-0.05, 0) is 30.9 Å². The first-order valence-electron chi connectivity index (χ1n) is 7.55. The smallest absolute Gasteiger partial charge is 0.345 e. The lowest BCUT2D eigenvalue weighted by Gasteiger charge is -2.22. The van der Waals surface area contributed by atoms with Crippen LogP contribution in [-0.4, -0.2) is 28.1 Å². The number of benzene rings is 1. The molecule has 0 saturated heterocycles. The van der Waals surface area contributed by atoms with Crippen molar-refractivity contribution in [1.82, 2.24) is 5.06 Å². The van der Waals surface area contributed by atoms with Gasteiger partial charge < -0.3 is 10.8 Å². The number of hydrogen-bond acceptors (Lipinski definition) is 6. The zero-order valence-electron chi connectivity index (χ0n) is 13.5. The first-order chi connectivity index (χ1) is 11.9. The second-order valence-corrected chi connectivity index (χ2v) is 6.42. The van der Waals surface area contributed by atoms with Crippen molar-refractivity contribution in [2.24, 2.45) is 5.73 Å². The van der Waals surface area contributed by atoms with Gasteiger partial charge in [-0.3, -0.25) is 9.68 Å². The van der Waals surface area contributed by atoms with E-state index in [2.05, 4.69) is 4.89 Å². The van der Waals surface area contributed by atoms with Gasteiger partial charge in [0.2, 0.25) is 0 Å². The second kappa shape index (κ2) is 8.45. The zero-order valence-corrected chi connectivity index (χ0v) is 14.3. The minimum absolute atomic E-state index is 0.111. The first kappa shape index (κ1) is 18.7. The van der Waals surface area contributed by atoms with E-state index in [-0.39, 0.29) is 19.3 Å². The van der Waals surface area contributed by atoms with Gasteiger partial charge in [0, 0.05) is 22.4 Å². The summed E-state index contributed by atoms with van der Waals surface area (Å²) in [6.07, 6.45) is -0.192. The first-order valence-corrected chi connectivity index (χ1v) is 8.36. The van der Waals surface area contributed by atoms with Crippen molar-refractivity contribution in [1.29, 1.82) is 0 Å². The number of fused-ring (bicyclic) bond motifs is 1. The van der Waals surface area contributed by atoms with Crippen LogP contribution in [0.4, 0.5) is 4.79 Å². The number of aliphatic carboxylic acids is 1. The molecule has 2 amide bonds. The maximum Gasteiger partial charge on any atom is 0.345 e. The highest BCUT2D eigenvalue weighted by atomic mass is 32.1. The molecule has 0 bridgehead atoms. The topological polar surface area (TPSA) is 119 Å². The minimum Gasteiger partial charge on any atom is -0.481 e. The van der Waals surface area contributed by atoms with Gasteiger partial charge in [0.05, 0.1) is 6.04 Å². The molecule has 2 rings (SSSR count). The molecule has 134 valence electrons. The number of hydrogen-bond donors (Lipinski definition) is 2. The van der Waals surface area contributed by atoms with Gasteiger partial charge in [0.1, 0.15) is 0 Å². The van der Waals surface area contributed by atoms with Crippen molar-refractivity contribution in [2.75, 3.05) is 0 Å². The number of nitrogens with zero attached hydrogens (tertiary/aromatic N) is 1. The predicted octanol–water partition coefficient (Wildman–Crippen LogP) is 2.99. The SMILES string of the molecule is CC(c1cc2ccccc2s1)N(OOC(=O)CCCC(=O)O)C(N)=O. The molecular weight excluding hydrogens is 348 g/mol. The Bertz CT molecular complexity index is 742. The monoisotopic (exact) mass is 366 g/mol. The lowest BCUT2D eigenvalue weighted by Crippen LogP contribution is -2.38. The maximum atomic E-state index is 11.6. The van der Waals surface area contributed by atoms with Crippen molar-refractivity contribution < 1.29 is 29.4 Å². The van der Waals surface area contributed by atoms with Crippen LogP contribution in [0.1, 0.15) is 37.1 Å². The summed E-state index contributed by atoms with van der Waals surface area (Å²) in [6, 6.07) is 8.14. The number of carbonyl (C=O) groups excluding carboxylic acids is 2. The van der Waals surface area contributed by atoms with E-state index in [1.165, 1.54) is 11.3 Å². The molecule has 0 aliphatic rings. The third-order valence-corrected chi connectivity index (χ3v) is 4.69. The lowest BCUT2D eigenvalue weighted by molar-refractivity contribution is -0.385. The third kappa shape index (κ3) is 5.16. The summed E-state index contributed by atoms with van der Waals surface area (Å²) in [5, 5.41) is 10.3. The van der Waals surface area contributed by atoms with Crippen LogP contribution in [0.25, 0.3) is 10.1 Å². The average molecular weight is 366 g/mol. The van der Waals surface area contributed by atoms with E-state index in [0.717, 1.165) is 20.0 Å². The fourth-order valence-electron chi connectivity index (χ4n) is 2.12. The molecule has 1 unspecified atom stereocenters. The molecule has 8 nitrogen and oxygen atoms in total. The number of primary amides is 1. The quantitative estimate of drug-likeness (QED) is 0.547.